The molecule has 0 unspecified atom stereocenters. The van der Waals surface area contributed by atoms with Crippen molar-refractivity contribution in [2.24, 2.45) is 0 Å². The Balaban J connectivity index is 1.89. The molecule has 5 nitrogen and oxygen atoms in total. The second-order valence-corrected chi connectivity index (χ2v) is 5.57. The summed E-state index contributed by atoms with van der Waals surface area (Å²) in [6.45, 7) is 4.28. The summed E-state index contributed by atoms with van der Waals surface area (Å²) in [5.41, 5.74) is 1.52. The van der Waals surface area contributed by atoms with Crippen molar-refractivity contribution >= 4 is 5.91 Å². The monoisotopic (exact) mass is 300 g/mol. The van der Waals surface area contributed by atoms with E-state index in [1.807, 2.05) is 29.2 Å². The fourth-order valence-corrected chi connectivity index (χ4v) is 3.07. The van der Waals surface area contributed by atoms with E-state index >= 15 is 0 Å². The maximum atomic E-state index is 12.8. The van der Waals surface area contributed by atoms with E-state index in [9.17, 15) is 4.79 Å². The number of carbonyl (C=O) groups excluding carboxylic acids is 1. The first-order valence-electron chi connectivity index (χ1n) is 7.49. The standard InChI is InChI=1S/C17H20N2O3/c1-11-16(18-12(2)22-11)17(20)19-9-5-8-15(19)13-6-4-7-14(10-13)21-3/h4,6-7,10,15H,5,8-9H2,1-3H3/t15-/m1/s1. The van der Waals surface area contributed by atoms with E-state index in [0.29, 0.717) is 17.3 Å². The molecule has 1 aromatic carbocycles. The Morgan fingerprint density at radius 1 is 1.41 bits per heavy atom. The van der Waals surface area contributed by atoms with Crippen molar-refractivity contribution in [1.29, 1.82) is 0 Å². The van der Waals surface area contributed by atoms with Crippen molar-refractivity contribution in [3.8, 4) is 5.75 Å². The van der Waals surface area contributed by atoms with Crippen LogP contribution in [0.25, 0.3) is 0 Å². The van der Waals surface area contributed by atoms with Gasteiger partial charge in [0.2, 0.25) is 0 Å². The van der Waals surface area contributed by atoms with Gasteiger partial charge in [0.05, 0.1) is 13.2 Å². The molecule has 3 rings (SSSR count). The lowest BCUT2D eigenvalue weighted by Crippen LogP contribution is -2.31. The van der Waals surface area contributed by atoms with Crippen molar-refractivity contribution in [2.75, 3.05) is 13.7 Å². The van der Waals surface area contributed by atoms with Crippen LogP contribution in [0.2, 0.25) is 0 Å². The number of aromatic nitrogens is 1. The van der Waals surface area contributed by atoms with Gasteiger partial charge in [-0.05, 0) is 37.5 Å². The van der Waals surface area contributed by atoms with Crippen LogP contribution in [-0.4, -0.2) is 29.4 Å². The molecule has 1 atom stereocenters. The summed E-state index contributed by atoms with van der Waals surface area (Å²) in [5, 5.41) is 0. The highest BCUT2D eigenvalue weighted by molar-refractivity contribution is 5.93. The molecule has 0 saturated carbocycles. The first-order chi connectivity index (χ1) is 10.6. The zero-order valence-electron chi connectivity index (χ0n) is 13.1. The van der Waals surface area contributed by atoms with Crippen molar-refractivity contribution in [1.82, 2.24) is 9.88 Å². The quantitative estimate of drug-likeness (QED) is 0.873. The number of likely N-dealkylation sites (tertiary alicyclic amines) is 1. The molecule has 2 heterocycles. The summed E-state index contributed by atoms with van der Waals surface area (Å²) in [4.78, 5) is 18.9. The number of carbonyl (C=O) groups is 1. The second-order valence-electron chi connectivity index (χ2n) is 5.57. The van der Waals surface area contributed by atoms with Gasteiger partial charge in [0.25, 0.3) is 5.91 Å². The Labute approximate surface area is 129 Å². The van der Waals surface area contributed by atoms with Crippen LogP contribution in [0, 0.1) is 13.8 Å². The zero-order chi connectivity index (χ0) is 15.7. The number of oxazole rings is 1. The number of benzene rings is 1. The van der Waals surface area contributed by atoms with Gasteiger partial charge in [0, 0.05) is 13.5 Å². The van der Waals surface area contributed by atoms with Gasteiger partial charge >= 0.3 is 0 Å². The van der Waals surface area contributed by atoms with Gasteiger partial charge in [0.1, 0.15) is 11.5 Å². The number of hydrogen-bond acceptors (Lipinski definition) is 4. The van der Waals surface area contributed by atoms with Crippen LogP contribution in [0.1, 0.15) is 46.6 Å². The van der Waals surface area contributed by atoms with E-state index < -0.39 is 0 Å². The molecule has 22 heavy (non-hydrogen) atoms. The van der Waals surface area contributed by atoms with Gasteiger partial charge in [-0.3, -0.25) is 4.79 Å². The Morgan fingerprint density at radius 3 is 2.91 bits per heavy atom. The van der Waals surface area contributed by atoms with Crippen LogP contribution in [0.3, 0.4) is 0 Å². The summed E-state index contributed by atoms with van der Waals surface area (Å²) < 4.78 is 10.7. The van der Waals surface area contributed by atoms with Gasteiger partial charge in [-0.25, -0.2) is 4.98 Å². The normalized spacial score (nSPS) is 17.8. The molecule has 1 aliphatic rings. The molecule has 0 radical (unpaired) electrons. The van der Waals surface area contributed by atoms with Gasteiger partial charge in [0.15, 0.2) is 11.6 Å². The summed E-state index contributed by atoms with van der Waals surface area (Å²) in [7, 11) is 1.65. The lowest BCUT2D eigenvalue weighted by atomic mass is 10.0. The van der Waals surface area contributed by atoms with Gasteiger partial charge in [-0.1, -0.05) is 12.1 Å². The van der Waals surface area contributed by atoms with Crippen LogP contribution >= 0.6 is 0 Å². The molecule has 1 amide bonds. The van der Waals surface area contributed by atoms with Crippen LogP contribution in [0.5, 0.6) is 5.75 Å². The first kappa shape index (κ1) is 14.6. The van der Waals surface area contributed by atoms with Crippen molar-refractivity contribution < 1.29 is 13.9 Å². The molecule has 0 spiro atoms. The summed E-state index contributed by atoms with van der Waals surface area (Å²) in [6, 6.07) is 7.98. The van der Waals surface area contributed by atoms with E-state index in [4.69, 9.17) is 9.15 Å². The number of amides is 1. The number of hydrogen-bond donors (Lipinski definition) is 0. The molecule has 0 aliphatic carbocycles. The summed E-state index contributed by atoms with van der Waals surface area (Å²) in [5.74, 6) is 1.86. The van der Waals surface area contributed by atoms with Crippen LogP contribution < -0.4 is 4.74 Å². The minimum absolute atomic E-state index is 0.0559. The zero-order valence-corrected chi connectivity index (χ0v) is 13.1. The molecular weight excluding hydrogens is 280 g/mol. The maximum Gasteiger partial charge on any atom is 0.276 e. The Hall–Kier alpha value is -2.30. The number of nitrogens with zero attached hydrogens (tertiary/aromatic N) is 2. The van der Waals surface area contributed by atoms with Crippen LogP contribution in [0.4, 0.5) is 0 Å². The van der Waals surface area contributed by atoms with E-state index in [0.717, 1.165) is 30.7 Å². The SMILES string of the molecule is COc1cccc([C@H]2CCCN2C(=O)c2nc(C)oc2C)c1. The third-order valence-corrected chi connectivity index (χ3v) is 4.10. The third-order valence-electron chi connectivity index (χ3n) is 4.10. The molecule has 1 fully saturated rings. The smallest absolute Gasteiger partial charge is 0.276 e. The number of rotatable bonds is 3. The van der Waals surface area contributed by atoms with Gasteiger partial charge in [-0.2, -0.15) is 0 Å². The summed E-state index contributed by atoms with van der Waals surface area (Å²) >= 11 is 0. The topological polar surface area (TPSA) is 55.6 Å². The maximum absolute atomic E-state index is 12.8. The Bertz CT molecular complexity index is 693. The number of methoxy groups -OCH3 is 1. The van der Waals surface area contributed by atoms with E-state index in [1.165, 1.54) is 0 Å². The lowest BCUT2D eigenvalue weighted by molar-refractivity contribution is 0.0728. The number of ether oxygens (including phenoxy) is 1. The highest BCUT2D eigenvalue weighted by Gasteiger charge is 2.33. The summed E-state index contributed by atoms with van der Waals surface area (Å²) in [6.07, 6.45) is 1.94. The highest BCUT2D eigenvalue weighted by Crippen LogP contribution is 2.34. The molecule has 5 heteroatoms. The fraction of sp³-hybridized carbons (Fsp3) is 0.412. The lowest BCUT2D eigenvalue weighted by Gasteiger charge is -2.24. The molecule has 1 aromatic heterocycles. The third kappa shape index (κ3) is 2.58. The minimum Gasteiger partial charge on any atom is -0.497 e. The van der Waals surface area contributed by atoms with Gasteiger partial charge in [-0.15, -0.1) is 0 Å². The highest BCUT2D eigenvalue weighted by atomic mass is 16.5. The van der Waals surface area contributed by atoms with Gasteiger partial charge < -0.3 is 14.1 Å². The van der Waals surface area contributed by atoms with Crippen molar-refractivity contribution in [3.05, 3.63) is 47.2 Å². The van der Waals surface area contributed by atoms with E-state index in [2.05, 4.69) is 4.98 Å². The second kappa shape index (κ2) is 5.83. The fourth-order valence-electron chi connectivity index (χ4n) is 3.07. The van der Waals surface area contributed by atoms with E-state index in [1.54, 1.807) is 21.0 Å². The van der Waals surface area contributed by atoms with Crippen LogP contribution in [0.15, 0.2) is 28.7 Å². The Kier molecular flexibility index (Phi) is 3.88. The molecule has 1 aliphatic heterocycles. The van der Waals surface area contributed by atoms with Crippen molar-refractivity contribution in [3.63, 3.8) is 0 Å². The molecular formula is C17H20N2O3. The number of aryl methyl sites for hydroxylation is 2. The molecule has 0 bridgehead atoms. The molecule has 2 aromatic rings. The Morgan fingerprint density at radius 2 is 2.23 bits per heavy atom. The molecule has 116 valence electrons. The minimum atomic E-state index is -0.0559. The average Bonchev–Trinajstić information content (AvgIpc) is 3.13. The van der Waals surface area contributed by atoms with E-state index in [-0.39, 0.29) is 11.9 Å². The van der Waals surface area contributed by atoms with Crippen molar-refractivity contribution in [2.45, 2.75) is 32.7 Å². The molecule has 1 saturated heterocycles. The average molecular weight is 300 g/mol. The van der Waals surface area contributed by atoms with Crippen LogP contribution in [-0.2, 0) is 0 Å². The molecule has 0 N–H and O–H groups in total. The first-order valence-corrected chi connectivity index (χ1v) is 7.49. The predicted octanol–water partition coefficient (Wildman–Crippen LogP) is 3.28. The predicted molar refractivity (Wildman–Crippen MR) is 82.0 cm³/mol. The largest absolute Gasteiger partial charge is 0.497 e.